The molecule has 21 heavy (non-hydrogen) atoms. The molecule has 0 fully saturated rings. The van der Waals surface area contributed by atoms with Gasteiger partial charge in [0, 0.05) is 24.3 Å². The summed E-state index contributed by atoms with van der Waals surface area (Å²) in [5.74, 6) is 1.31. The lowest BCUT2D eigenvalue weighted by atomic mass is 9.94. The van der Waals surface area contributed by atoms with Crippen LogP contribution in [0.4, 0.5) is 0 Å². The van der Waals surface area contributed by atoms with Gasteiger partial charge in [-0.1, -0.05) is 12.1 Å². The fourth-order valence-corrected chi connectivity index (χ4v) is 2.59. The molecule has 0 N–H and O–H groups in total. The maximum atomic E-state index is 12.3. The number of alkyl halides is 1. The molecule has 0 bridgehead atoms. The highest BCUT2D eigenvalue weighted by Gasteiger charge is 2.38. The molecule has 1 aromatic carbocycles. The summed E-state index contributed by atoms with van der Waals surface area (Å²) in [4.78, 5) is 12.3. The second-order valence-corrected chi connectivity index (χ2v) is 6.14. The van der Waals surface area contributed by atoms with Gasteiger partial charge >= 0.3 is 0 Å². The lowest BCUT2D eigenvalue weighted by Gasteiger charge is -2.28. The van der Waals surface area contributed by atoms with Crippen molar-refractivity contribution in [3.63, 3.8) is 0 Å². The Kier molecular flexibility index (Phi) is 4.88. The van der Waals surface area contributed by atoms with Crippen LogP contribution in [-0.2, 0) is 4.79 Å². The van der Waals surface area contributed by atoms with Crippen LogP contribution in [0.2, 0.25) is 0 Å². The molecular weight excluding hydrogens is 288 g/mol. The van der Waals surface area contributed by atoms with E-state index in [1.54, 1.807) is 12.1 Å². The average molecular weight is 309 g/mol. The molecule has 2 rings (SSSR count). The number of methoxy groups -OCH3 is 1. The second kappa shape index (κ2) is 6.48. The maximum absolute atomic E-state index is 12.3. The van der Waals surface area contributed by atoms with Gasteiger partial charge in [-0.25, -0.2) is 5.01 Å². The summed E-state index contributed by atoms with van der Waals surface area (Å²) in [6.07, 6.45) is 1.84. The number of hydrogen-bond acceptors (Lipinski definition) is 3. The van der Waals surface area contributed by atoms with Crippen LogP contribution in [0.5, 0.6) is 5.75 Å². The Balaban J connectivity index is 2.23. The van der Waals surface area contributed by atoms with E-state index in [4.69, 9.17) is 16.3 Å². The largest absolute Gasteiger partial charge is 0.497 e. The Labute approximate surface area is 130 Å². The van der Waals surface area contributed by atoms with Gasteiger partial charge in [-0.15, -0.1) is 11.6 Å². The van der Waals surface area contributed by atoms with Crippen LogP contribution in [0.15, 0.2) is 29.4 Å². The monoisotopic (exact) mass is 308 g/mol. The molecule has 0 radical (unpaired) electrons. The fourth-order valence-electron chi connectivity index (χ4n) is 2.46. The van der Waals surface area contributed by atoms with Crippen molar-refractivity contribution in [1.29, 1.82) is 0 Å². The predicted octanol–water partition coefficient (Wildman–Crippen LogP) is 3.43. The maximum Gasteiger partial charge on any atom is 0.243 e. The van der Waals surface area contributed by atoms with Crippen molar-refractivity contribution < 1.29 is 9.53 Å². The fraction of sp³-hybridized carbons (Fsp3) is 0.500. The van der Waals surface area contributed by atoms with Crippen molar-refractivity contribution in [3.8, 4) is 5.75 Å². The zero-order valence-electron chi connectivity index (χ0n) is 12.7. The Morgan fingerprint density at radius 1 is 1.48 bits per heavy atom. The molecule has 0 saturated carbocycles. The molecule has 114 valence electrons. The van der Waals surface area contributed by atoms with E-state index in [1.165, 1.54) is 0 Å². The quantitative estimate of drug-likeness (QED) is 0.782. The van der Waals surface area contributed by atoms with Crippen molar-refractivity contribution in [2.45, 2.75) is 38.6 Å². The van der Waals surface area contributed by atoms with Crippen LogP contribution in [0, 0.1) is 0 Å². The van der Waals surface area contributed by atoms with E-state index in [0.29, 0.717) is 18.7 Å². The molecule has 5 heteroatoms. The molecule has 1 amide bonds. The summed E-state index contributed by atoms with van der Waals surface area (Å²) in [6.45, 7) is 4.06. The van der Waals surface area contributed by atoms with Gasteiger partial charge in [0.2, 0.25) is 5.91 Å². The zero-order valence-corrected chi connectivity index (χ0v) is 13.5. The molecule has 0 aromatic heterocycles. The zero-order chi connectivity index (χ0) is 15.5. The first-order valence-corrected chi connectivity index (χ1v) is 7.62. The van der Waals surface area contributed by atoms with Crippen LogP contribution in [-0.4, -0.2) is 35.2 Å². The molecule has 1 aromatic rings. The predicted molar refractivity (Wildman–Crippen MR) is 85.0 cm³/mol. The molecule has 1 aliphatic heterocycles. The Morgan fingerprint density at radius 2 is 2.24 bits per heavy atom. The van der Waals surface area contributed by atoms with E-state index in [-0.39, 0.29) is 11.4 Å². The Morgan fingerprint density at radius 3 is 2.90 bits per heavy atom. The summed E-state index contributed by atoms with van der Waals surface area (Å²) in [5.41, 5.74) is 1.61. The molecule has 0 atom stereocenters. The molecule has 0 saturated heterocycles. The van der Waals surface area contributed by atoms with Gasteiger partial charge in [0.1, 0.15) is 5.75 Å². The van der Waals surface area contributed by atoms with Crippen molar-refractivity contribution in [2.75, 3.05) is 13.0 Å². The number of halogens is 1. The third-order valence-electron chi connectivity index (χ3n) is 3.56. The SMILES string of the molecule is COc1cccc(C2=NN(C(=O)CCCCl)C(C)(C)C2)c1. The van der Waals surface area contributed by atoms with Crippen LogP contribution in [0.1, 0.15) is 38.7 Å². The van der Waals surface area contributed by atoms with Crippen LogP contribution in [0.25, 0.3) is 0 Å². The standard InChI is InChI=1S/C16H21ClN2O2/c1-16(2)11-14(12-6-4-7-13(10-12)21-3)18-19(16)15(20)8-5-9-17/h4,6-7,10H,5,8-9,11H2,1-3H3. The number of hydrazone groups is 1. The number of amides is 1. The summed E-state index contributed by atoms with van der Waals surface area (Å²) < 4.78 is 5.24. The van der Waals surface area contributed by atoms with Gasteiger partial charge in [-0.3, -0.25) is 4.79 Å². The van der Waals surface area contributed by atoms with Crippen LogP contribution < -0.4 is 4.74 Å². The summed E-state index contributed by atoms with van der Waals surface area (Å²) in [6, 6.07) is 7.76. The molecule has 0 unspecified atom stereocenters. The van der Waals surface area contributed by atoms with Crippen molar-refractivity contribution >= 4 is 23.2 Å². The summed E-state index contributed by atoms with van der Waals surface area (Å²) >= 11 is 5.66. The topological polar surface area (TPSA) is 41.9 Å². The first kappa shape index (κ1) is 15.8. The van der Waals surface area contributed by atoms with E-state index >= 15 is 0 Å². The highest BCUT2D eigenvalue weighted by atomic mass is 35.5. The van der Waals surface area contributed by atoms with E-state index in [1.807, 2.05) is 38.1 Å². The third-order valence-corrected chi connectivity index (χ3v) is 3.82. The number of benzene rings is 1. The van der Waals surface area contributed by atoms with Gasteiger partial charge in [0.25, 0.3) is 0 Å². The second-order valence-electron chi connectivity index (χ2n) is 5.77. The van der Waals surface area contributed by atoms with E-state index in [9.17, 15) is 4.79 Å². The van der Waals surface area contributed by atoms with Crippen molar-refractivity contribution in [2.24, 2.45) is 5.10 Å². The third kappa shape index (κ3) is 3.56. The Hall–Kier alpha value is -1.55. The van der Waals surface area contributed by atoms with E-state index < -0.39 is 0 Å². The average Bonchev–Trinajstić information content (AvgIpc) is 2.80. The van der Waals surface area contributed by atoms with Crippen molar-refractivity contribution in [1.82, 2.24) is 5.01 Å². The number of ether oxygens (including phenoxy) is 1. The lowest BCUT2D eigenvalue weighted by molar-refractivity contribution is -0.135. The smallest absolute Gasteiger partial charge is 0.243 e. The molecule has 0 aliphatic carbocycles. The molecule has 4 nitrogen and oxygen atoms in total. The minimum absolute atomic E-state index is 0.0264. The molecule has 0 spiro atoms. The van der Waals surface area contributed by atoms with Crippen LogP contribution in [0.3, 0.4) is 0 Å². The first-order valence-electron chi connectivity index (χ1n) is 7.09. The minimum Gasteiger partial charge on any atom is -0.497 e. The van der Waals surface area contributed by atoms with Crippen molar-refractivity contribution in [3.05, 3.63) is 29.8 Å². The summed E-state index contributed by atoms with van der Waals surface area (Å²) in [7, 11) is 1.64. The summed E-state index contributed by atoms with van der Waals surface area (Å²) in [5, 5.41) is 6.15. The Bertz CT molecular complexity index is 555. The number of carbonyl (C=O) groups excluding carboxylic acids is 1. The van der Waals surface area contributed by atoms with E-state index in [2.05, 4.69) is 5.10 Å². The number of nitrogens with zero attached hydrogens (tertiary/aromatic N) is 2. The van der Waals surface area contributed by atoms with E-state index in [0.717, 1.165) is 23.4 Å². The van der Waals surface area contributed by atoms with Gasteiger partial charge in [-0.05, 0) is 32.4 Å². The molecule has 1 heterocycles. The minimum atomic E-state index is -0.304. The normalized spacial score (nSPS) is 16.8. The molecule has 1 aliphatic rings. The lowest BCUT2D eigenvalue weighted by Crippen LogP contribution is -2.40. The number of carbonyl (C=O) groups is 1. The highest BCUT2D eigenvalue weighted by molar-refractivity contribution is 6.17. The first-order chi connectivity index (χ1) is 9.97. The molecular formula is C16H21ClN2O2. The van der Waals surface area contributed by atoms with Gasteiger partial charge in [-0.2, -0.15) is 5.10 Å². The number of hydrogen-bond donors (Lipinski definition) is 0. The number of rotatable bonds is 5. The highest BCUT2D eigenvalue weighted by Crippen LogP contribution is 2.31. The van der Waals surface area contributed by atoms with Gasteiger partial charge in [0.05, 0.1) is 18.4 Å². The van der Waals surface area contributed by atoms with Crippen LogP contribution >= 0.6 is 11.6 Å². The van der Waals surface area contributed by atoms with Gasteiger partial charge in [0.15, 0.2) is 0 Å². The van der Waals surface area contributed by atoms with Gasteiger partial charge < -0.3 is 4.74 Å².